The quantitative estimate of drug-likeness (QED) is 0.382. The monoisotopic (exact) mass is 517 g/mol. The van der Waals surface area contributed by atoms with E-state index in [2.05, 4.69) is 32.8 Å². The molecule has 3 aromatic rings. The van der Waals surface area contributed by atoms with E-state index in [0.29, 0.717) is 54.3 Å². The fourth-order valence-electron chi connectivity index (χ4n) is 4.13. The van der Waals surface area contributed by atoms with E-state index >= 15 is 0 Å². The summed E-state index contributed by atoms with van der Waals surface area (Å²) in [5.41, 5.74) is 8.22. The van der Waals surface area contributed by atoms with Crippen molar-refractivity contribution in [2.75, 3.05) is 44.4 Å². The molecule has 1 amide bonds. The maximum atomic E-state index is 14.2. The summed E-state index contributed by atoms with van der Waals surface area (Å²) in [4.78, 5) is 23.5. The van der Waals surface area contributed by atoms with Crippen LogP contribution in [0.25, 0.3) is 11.0 Å². The number of likely N-dealkylation sites (tertiary alicyclic amines) is 1. The molecule has 2 aromatic heterocycles. The molecule has 0 bridgehead atoms. The molecule has 4 N–H and O–H groups in total. The number of rotatable bonds is 5. The fourth-order valence-corrected chi connectivity index (χ4v) is 5.12. The van der Waals surface area contributed by atoms with Gasteiger partial charge in [0.05, 0.1) is 41.9 Å². The molecule has 0 radical (unpaired) electrons. The summed E-state index contributed by atoms with van der Waals surface area (Å²) in [7, 11) is 1.53. The highest BCUT2D eigenvalue weighted by molar-refractivity contribution is 8.00. The van der Waals surface area contributed by atoms with Crippen molar-refractivity contribution in [3.63, 3.8) is 0 Å². The molecule has 186 valence electrons. The summed E-state index contributed by atoms with van der Waals surface area (Å²) in [5, 5.41) is 12.7. The number of anilines is 1. The maximum absolute atomic E-state index is 14.2. The Balaban J connectivity index is 0.000000201. The molecule has 1 aromatic carbocycles. The first-order chi connectivity index (χ1) is 16.9. The predicted molar refractivity (Wildman–Crippen MR) is 138 cm³/mol. The van der Waals surface area contributed by atoms with Crippen molar-refractivity contribution >= 4 is 47.0 Å². The van der Waals surface area contributed by atoms with Crippen LogP contribution in [-0.2, 0) is 11.2 Å². The van der Waals surface area contributed by atoms with Crippen LogP contribution in [0.1, 0.15) is 5.56 Å². The molecule has 0 spiro atoms. The van der Waals surface area contributed by atoms with Crippen LogP contribution in [0, 0.1) is 11.7 Å². The second-order valence-electron chi connectivity index (χ2n) is 8.40. The van der Waals surface area contributed by atoms with Gasteiger partial charge in [-0.05, 0) is 37.2 Å². The fraction of sp³-hybridized carbons (Fsp3) is 0.375. The Bertz CT molecular complexity index is 1220. The van der Waals surface area contributed by atoms with E-state index in [4.69, 9.17) is 10.5 Å². The zero-order valence-electron chi connectivity index (χ0n) is 19.3. The molecule has 2 aliphatic rings. The SMILES string of the molecule is COc1ccc2ncc(F)c(CCN3CC(O)C(CN)C3)c2n1.O=C1CSc2ccc(S)cc2N1. The van der Waals surface area contributed by atoms with Gasteiger partial charge in [0.1, 0.15) is 5.82 Å². The lowest BCUT2D eigenvalue weighted by Crippen LogP contribution is -2.26. The number of aliphatic hydroxyl groups excluding tert-OH is 1. The van der Waals surface area contributed by atoms with Gasteiger partial charge in [0.2, 0.25) is 11.8 Å². The number of carbonyl (C=O) groups excluding carboxylic acids is 1. The smallest absolute Gasteiger partial charge is 0.234 e. The van der Waals surface area contributed by atoms with Crippen molar-refractivity contribution in [2.45, 2.75) is 22.3 Å². The van der Waals surface area contributed by atoms with Gasteiger partial charge >= 0.3 is 0 Å². The normalized spacial score (nSPS) is 19.6. The number of nitrogens with one attached hydrogen (secondary N) is 1. The van der Waals surface area contributed by atoms with E-state index in [0.717, 1.165) is 22.0 Å². The third-order valence-electron chi connectivity index (χ3n) is 6.01. The lowest BCUT2D eigenvalue weighted by molar-refractivity contribution is -0.113. The lowest BCUT2D eigenvalue weighted by Gasteiger charge is -2.16. The molecule has 2 atom stereocenters. The Kier molecular flexibility index (Phi) is 8.45. The number of hydrogen-bond acceptors (Lipinski definition) is 9. The van der Waals surface area contributed by atoms with Gasteiger partial charge in [0.25, 0.3) is 0 Å². The number of benzene rings is 1. The van der Waals surface area contributed by atoms with Crippen LogP contribution in [-0.4, -0.2) is 71.0 Å². The van der Waals surface area contributed by atoms with Crippen molar-refractivity contribution in [1.29, 1.82) is 0 Å². The Labute approximate surface area is 212 Å². The van der Waals surface area contributed by atoms with Crippen molar-refractivity contribution < 1.29 is 19.0 Å². The average Bonchev–Trinajstić information content (AvgIpc) is 3.22. The molecular formula is C24H28FN5O3S2. The van der Waals surface area contributed by atoms with Gasteiger partial charge in [-0.15, -0.1) is 24.4 Å². The van der Waals surface area contributed by atoms with E-state index in [1.54, 1.807) is 23.9 Å². The Morgan fingerprint density at radius 1 is 1.34 bits per heavy atom. The molecule has 2 aliphatic heterocycles. The standard InChI is InChI=1S/C16H21FN4O2.C8H7NOS2/c1-23-15-3-2-13-16(20-15)11(12(17)7-19-13)4-5-21-8-10(6-18)14(22)9-21;10-8-4-12-7-2-1-5(11)3-6(7)9-8/h2-3,7,10,14,22H,4-6,8-9,18H2,1H3;1-3,11H,4H2,(H,9,10). The number of aliphatic hydroxyl groups is 1. The topological polar surface area (TPSA) is 114 Å². The van der Waals surface area contributed by atoms with Gasteiger partial charge < -0.3 is 25.8 Å². The van der Waals surface area contributed by atoms with Crippen LogP contribution in [0.15, 0.2) is 46.3 Å². The molecule has 1 saturated heterocycles. The van der Waals surface area contributed by atoms with Crippen molar-refractivity contribution in [2.24, 2.45) is 11.7 Å². The van der Waals surface area contributed by atoms with E-state index in [9.17, 15) is 14.3 Å². The number of nitrogens with zero attached hydrogens (tertiary/aromatic N) is 3. The summed E-state index contributed by atoms with van der Waals surface area (Å²) in [5.74, 6) is 0.733. The van der Waals surface area contributed by atoms with Crippen LogP contribution in [0.2, 0.25) is 0 Å². The molecule has 4 heterocycles. The van der Waals surface area contributed by atoms with E-state index in [1.807, 2.05) is 18.2 Å². The molecular weight excluding hydrogens is 489 g/mol. The number of methoxy groups -OCH3 is 1. The molecule has 11 heteroatoms. The maximum Gasteiger partial charge on any atom is 0.234 e. The zero-order chi connectivity index (χ0) is 24.9. The third-order valence-corrected chi connectivity index (χ3v) is 7.36. The minimum Gasteiger partial charge on any atom is -0.481 e. The largest absolute Gasteiger partial charge is 0.481 e. The molecule has 8 nitrogen and oxygen atoms in total. The minimum atomic E-state index is -0.405. The highest BCUT2D eigenvalue weighted by Crippen LogP contribution is 2.32. The number of β-amino-alcohol motifs (C(OH)–C–C–N with tert-alkyl or cyclic N) is 1. The van der Waals surface area contributed by atoms with Crippen molar-refractivity contribution in [3.8, 4) is 5.88 Å². The summed E-state index contributed by atoms with van der Waals surface area (Å²) in [6.45, 7) is 2.41. The third kappa shape index (κ3) is 6.22. The summed E-state index contributed by atoms with van der Waals surface area (Å²) in [6.07, 6.45) is 1.32. The second-order valence-corrected chi connectivity index (χ2v) is 9.93. The average molecular weight is 518 g/mol. The molecule has 0 aliphatic carbocycles. The molecule has 2 unspecified atom stereocenters. The van der Waals surface area contributed by atoms with Gasteiger partial charge in [-0.25, -0.2) is 9.37 Å². The molecule has 0 saturated carbocycles. The first-order valence-corrected chi connectivity index (χ1v) is 12.7. The van der Waals surface area contributed by atoms with E-state index < -0.39 is 6.10 Å². The molecule has 1 fully saturated rings. The zero-order valence-corrected chi connectivity index (χ0v) is 21.0. The predicted octanol–water partition coefficient (Wildman–Crippen LogP) is 2.59. The van der Waals surface area contributed by atoms with Gasteiger partial charge in [0, 0.05) is 47.0 Å². The lowest BCUT2D eigenvalue weighted by atomic mass is 10.1. The highest BCUT2D eigenvalue weighted by atomic mass is 32.2. The number of amides is 1. The number of fused-ring (bicyclic) bond motifs is 2. The number of carbonyl (C=O) groups is 1. The van der Waals surface area contributed by atoms with Gasteiger partial charge in [-0.2, -0.15) is 0 Å². The van der Waals surface area contributed by atoms with Crippen LogP contribution < -0.4 is 15.8 Å². The summed E-state index contributed by atoms with van der Waals surface area (Å²) in [6, 6.07) is 9.24. The first-order valence-electron chi connectivity index (χ1n) is 11.2. The number of pyridine rings is 2. The molecule has 35 heavy (non-hydrogen) atoms. The number of halogens is 1. The van der Waals surface area contributed by atoms with Crippen LogP contribution in [0.5, 0.6) is 5.88 Å². The van der Waals surface area contributed by atoms with Crippen LogP contribution in [0.4, 0.5) is 10.1 Å². The second kappa shape index (κ2) is 11.5. The minimum absolute atomic E-state index is 0.0615. The highest BCUT2D eigenvalue weighted by Gasteiger charge is 2.30. The number of hydrogen-bond donors (Lipinski definition) is 4. The number of thioether (sulfide) groups is 1. The number of nitrogens with two attached hydrogens (primary N) is 1. The van der Waals surface area contributed by atoms with Crippen LogP contribution in [0.3, 0.4) is 0 Å². The van der Waals surface area contributed by atoms with Gasteiger partial charge in [-0.3, -0.25) is 9.78 Å². The first kappa shape index (κ1) is 25.6. The van der Waals surface area contributed by atoms with Crippen molar-refractivity contribution in [3.05, 3.63) is 47.9 Å². The Morgan fingerprint density at radius 2 is 2.17 bits per heavy atom. The summed E-state index contributed by atoms with van der Waals surface area (Å²) >= 11 is 5.75. The number of ether oxygens (including phenoxy) is 1. The van der Waals surface area contributed by atoms with Gasteiger partial charge in [0.15, 0.2) is 0 Å². The summed E-state index contributed by atoms with van der Waals surface area (Å²) < 4.78 is 19.3. The van der Waals surface area contributed by atoms with E-state index in [1.165, 1.54) is 13.3 Å². The Hall–Kier alpha value is -2.44. The Morgan fingerprint density at radius 3 is 2.91 bits per heavy atom. The number of aromatic nitrogens is 2. The number of thiol groups is 1. The van der Waals surface area contributed by atoms with Gasteiger partial charge in [-0.1, -0.05) is 0 Å². The van der Waals surface area contributed by atoms with Crippen LogP contribution >= 0.6 is 24.4 Å². The van der Waals surface area contributed by atoms with Crippen molar-refractivity contribution in [1.82, 2.24) is 14.9 Å². The molecule has 5 rings (SSSR count). The van der Waals surface area contributed by atoms with E-state index in [-0.39, 0.29) is 17.6 Å².